The van der Waals surface area contributed by atoms with Crippen LogP contribution in [0.5, 0.6) is 0 Å². The highest BCUT2D eigenvalue weighted by molar-refractivity contribution is 7.96. The summed E-state index contributed by atoms with van der Waals surface area (Å²) in [4.78, 5) is 11.1. The Balaban J connectivity index is 3.61. The Morgan fingerprint density at radius 1 is 1.08 bits per heavy atom. The molecule has 2 heteroatoms. The van der Waals surface area contributed by atoms with Crippen molar-refractivity contribution in [3.05, 3.63) is 0 Å². The molecular weight excluding hydrogens is 180 g/mol. The third-order valence-corrected chi connectivity index (χ3v) is 2.78. The normalized spacial score (nSPS) is 12.8. The van der Waals surface area contributed by atoms with E-state index in [1.54, 1.807) is 0 Å². The van der Waals surface area contributed by atoms with Gasteiger partial charge in [0, 0.05) is 5.92 Å². The summed E-state index contributed by atoms with van der Waals surface area (Å²) in [5.74, 6) is 0.217. The average molecular weight is 202 g/mol. The lowest BCUT2D eigenvalue weighted by Gasteiger charge is -2.11. The molecular formula is C11H22OS. The van der Waals surface area contributed by atoms with Crippen molar-refractivity contribution in [1.29, 1.82) is 0 Å². The van der Waals surface area contributed by atoms with E-state index >= 15 is 0 Å². The van der Waals surface area contributed by atoms with Crippen molar-refractivity contribution in [2.45, 2.75) is 58.8 Å². The molecule has 0 aromatic heterocycles. The van der Waals surface area contributed by atoms with E-state index in [4.69, 9.17) is 0 Å². The average Bonchev–Trinajstić information content (AvgIpc) is 2.10. The third kappa shape index (κ3) is 7.12. The predicted molar refractivity (Wildman–Crippen MR) is 61.2 cm³/mol. The Hall–Kier alpha value is 0.0200. The second-order valence-corrected chi connectivity index (χ2v) is 4.11. The molecule has 0 heterocycles. The molecule has 0 N–H and O–H groups in total. The molecule has 0 radical (unpaired) electrons. The van der Waals surface area contributed by atoms with Crippen LogP contribution in [0.15, 0.2) is 0 Å². The first-order valence-electron chi connectivity index (χ1n) is 5.45. The topological polar surface area (TPSA) is 17.1 Å². The molecule has 0 aromatic carbocycles. The van der Waals surface area contributed by atoms with Crippen LogP contribution in [0, 0.1) is 5.92 Å². The standard InChI is InChI=1S/C11H22OS/c1-3-5-7-9-10(11(12)13)8-6-4-2/h10H,3-9H2,1-2H3,(H,12,13). The summed E-state index contributed by atoms with van der Waals surface area (Å²) < 4.78 is 0. The molecule has 13 heavy (non-hydrogen) atoms. The molecule has 0 bridgehead atoms. The van der Waals surface area contributed by atoms with Crippen LogP contribution in [0.1, 0.15) is 58.8 Å². The lowest BCUT2D eigenvalue weighted by molar-refractivity contribution is -0.114. The van der Waals surface area contributed by atoms with Crippen LogP contribution >= 0.6 is 12.6 Å². The van der Waals surface area contributed by atoms with Gasteiger partial charge in [0.05, 0.1) is 0 Å². The SMILES string of the molecule is CCCCCC(CCCC)C(=O)S. The molecule has 0 fully saturated rings. The Labute approximate surface area is 87.7 Å². The summed E-state index contributed by atoms with van der Waals surface area (Å²) >= 11 is 3.93. The zero-order valence-corrected chi connectivity index (χ0v) is 9.78. The van der Waals surface area contributed by atoms with Crippen molar-refractivity contribution in [3.63, 3.8) is 0 Å². The minimum Gasteiger partial charge on any atom is -0.287 e. The molecule has 78 valence electrons. The number of thiol groups is 1. The lowest BCUT2D eigenvalue weighted by Crippen LogP contribution is -2.08. The zero-order chi connectivity index (χ0) is 10.1. The van der Waals surface area contributed by atoms with E-state index in [2.05, 4.69) is 26.5 Å². The zero-order valence-electron chi connectivity index (χ0n) is 8.88. The minimum absolute atomic E-state index is 0.0875. The predicted octanol–water partition coefficient (Wildman–Crippen LogP) is 3.83. The van der Waals surface area contributed by atoms with Crippen LogP contribution in [-0.4, -0.2) is 5.12 Å². The van der Waals surface area contributed by atoms with Crippen LogP contribution < -0.4 is 0 Å². The number of unbranched alkanes of at least 4 members (excludes halogenated alkanes) is 3. The van der Waals surface area contributed by atoms with Gasteiger partial charge in [0.15, 0.2) is 5.12 Å². The fourth-order valence-electron chi connectivity index (χ4n) is 1.48. The van der Waals surface area contributed by atoms with Gasteiger partial charge in [-0.2, -0.15) is 0 Å². The van der Waals surface area contributed by atoms with Crippen molar-refractivity contribution in [2.75, 3.05) is 0 Å². The van der Waals surface area contributed by atoms with E-state index in [1.807, 2.05) is 0 Å². The third-order valence-electron chi connectivity index (χ3n) is 2.41. The highest BCUT2D eigenvalue weighted by Gasteiger charge is 2.13. The van der Waals surface area contributed by atoms with Gasteiger partial charge in [0.25, 0.3) is 0 Å². The quantitative estimate of drug-likeness (QED) is 0.467. The second-order valence-electron chi connectivity index (χ2n) is 3.67. The number of carbonyl (C=O) groups excluding carboxylic acids is 1. The molecule has 0 aliphatic carbocycles. The van der Waals surface area contributed by atoms with Crippen LogP contribution in [0.3, 0.4) is 0 Å². The van der Waals surface area contributed by atoms with Gasteiger partial charge >= 0.3 is 0 Å². The molecule has 1 nitrogen and oxygen atoms in total. The fourth-order valence-corrected chi connectivity index (χ4v) is 1.74. The second kappa shape index (κ2) is 8.61. The largest absolute Gasteiger partial charge is 0.287 e. The van der Waals surface area contributed by atoms with Gasteiger partial charge in [-0.1, -0.05) is 46.0 Å². The maximum atomic E-state index is 11.1. The molecule has 0 spiro atoms. The number of hydrogen-bond donors (Lipinski definition) is 1. The van der Waals surface area contributed by atoms with E-state index in [9.17, 15) is 4.79 Å². The number of hydrogen-bond acceptors (Lipinski definition) is 1. The van der Waals surface area contributed by atoms with Gasteiger partial charge < -0.3 is 0 Å². The summed E-state index contributed by atoms with van der Waals surface area (Å²) in [6.07, 6.45) is 8.04. The monoisotopic (exact) mass is 202 g/mol. The van der Waals surface area contributed by atoms with Crippen LogP contribution in [0.25, 0.3) is 0 Å². The molecule has 1 atom stereocenters. The van der Waals surface area contributed by atoms with E-state index in [0.717, 1.165) is 19.3 Å². The van der Waals surface area contributed by atoms with Gasteiger partial charge in [-0.15, -0.1) is 12.6 Å². The summed E-state index contributed by atoms with van der Waals surface area (Å²) in [7, 11) is 0. The van der Waals surface area contributed by atoms with Gasteiger partial charge in [-0.05, 0) is 12.8 Å². The molecule has 0 saturated carbocycles. The van der Waals surface area contributed by atoms with Crippen molar-refractivity contribution in [3.8, 4) is 0 Å². The van der Waals surface area contributed by atoms with Gasteiger partial charge in [0.1, 0.15) is 0 Å². The van der Waals surface area contributed by atoms with Crippen molar-refractivity contribution >= 4 is 17.7 Å². The highest BCUT2D eigenvalue weighted by atomic mass is 32.1. The molecule has 0 saturated heterocycles. The molecule has 0 amide bonds. The lowest BCUT2D eigenvalue weighted by atomic mass is 9.97. The van der Waals surface area contributed by atoms with Crippen LogP contribution in [0.2, 0.25) is 0 Å². The highest BCUT2D eigenvalue weighted by Crippen LogP contribution is 2.19. The first-order chi connectivity index (χ1) is 6.22. The maximum Gasteiger partial charge on any atom is 0.188 e. The first kappa shape index (κ1) is 13.0. The summed E-state index contributed by atoms with van der Waals surface area (Å²) in [5, 5.41) is 0.0875. The summed E-state index contributed by atoms with van der Waals surface area (Å²) in [6.45, 7) is 4.34. The molecule has 1 unspecified atom stereocenters. The summed E-state index contributed by atoms with van der Waals surface area (Å²) in [5.41, 5.74) is 0. The molecule has 0 rings (SSSR count). The Morgan fingerprint density at radius 3 is 2.08 bits per heavy atom. The molecule has 0 aliphatic heterocycles. The minimum atomic E-state index is 0.0875. The van der Waals surface area contributed by atoms with E-state index in [0.29, 0.717) is 0 Å². The van der Waals surface area contributed by atoms with Crippen molar-refractivity contribution in [2.24, 2.45) is 5.92 Å². The summed E-state index contributed by atoms with van der Waals surface area (Å²) in [6, 6.07) is 0. The maximum absolute atomic E-state index is 11.1. The number of rotatable bonds is 8. The Bertz CT molecular complexity index is 134. The van der Waals surface area contributed by atoms with Gasteiger partial charge in [0.2, 0.25) is 0 Å². The first-order valence-corrected chi connectivity index (χ1v) is 5.89. The number of carbonyl (C=O) groups is 1. The van der Waals surface area contributed by atoms with Gasteiger partial charge in [-0.25, -0.2) is 0 Å². The smallest absolute Gasteiger partial charge is 0.188 e. The van der Waals surface area contributed by atoms with Crippen molar-refractivity contribution < 1.29 is 4.79 Å². The molecule has 0 aromatic rings. The van der Waals surface area contributed by atoms with Crippen LogP contribution in [0.4, 0.5) is 0 Å². The van der Waals surface area contributed by atoms with Crippen molar-refractivity contribution in [1.82, 2.24) is 0 Å². The van der Waals surface area contributed by atoms with Gasteiger partial charge in [-0.3, -0.25) is 4.79 Å². The Morgan fingerprint density at radius 2 is 1.62 bits per heavy atom. The Kier molecular flexibility index (Phi) is 8.62. The van der Waals surface area contributed by atoms with E-state index < -0.39 is 0 Å². The molecule has 0 aliphatic rings. The van der Waals surface area contributed by atoms with E-state index in [-0.39, 0.29) is 11.0 Å². The van der Waals surface area contributed by atoms with E-state index in [1.165, 1.54) is 25.7 Å². The van der Waals surface area contributed by atoms with Crippen LogP contribution in [-0.2, 0) is 4.79 Å². The fraction of sp³-hybridized carbons (Fsp3) is 0.909.